The predicted octanol–water partition coefficient (Wildman–Crippen LogP) is 3.56. The average molecular weight is 323 g/mol. The van der Waals surface area contributed by atoms with Gasteiger partial charge in [0.2, 0.25) is 0 Å². The maximum Gasteiger partial charge on any atom is 0.360 e. The Bertz CT molecular complexity index is 880. The smallest absolute Gasteiger partial charge is 0.360 e. The molecule has 1 aromatic heterocycles. The van der Waals surface area contributed by atoms with Gasteiger partial charge in [0.05, 0.1) is 24.8 Å². The van der Waals surface area contributed by atoms with Gasteiger partial charge in [0.15, 0.2) is 11.5 Å². The average Bonchev–Trinajstić information content (AvgIpc) is 2.61. The van der Waals surface area contributed by atoms with Crippen molar-refractivity contribution in [2.45, 2.75) is 6.92 Å². The summed E-state index contributed by atoms with van der Waals surface area (Å²) in [4.78, 5) is 21.1. The summed E-state index contributed by atoms with van der Waals surface area (Å²) in [6.07, 6.45) is 0. The number of aromatic nitrogens is 2. The van der Waals surface area contributed by atoms with Crippen LogP contribution < -0.4 is 10.1 Å². The fourth-order valence-corrected chi connectivity index (χ4v) is 2.27. The number of carbonyl (C=O) groups is 1. The van der Waals surface area contributed by atoms with Crippen LogP contribution in [0.4, 0.5) is 11.5 Å². The highest BCUT2D eigenvalue weighted by Crippen LogP contribution is 2.24. The third-order valence-corrected chi connectivity index (χ3v) is 3.37. The van der Waals surface area contributed by atoms with E-state index in [0.717, 1.165) is 5.69 Å². The molecule has 0 unspecified atom stereocenters. The number of nitrogens with one attached hydrogen (secondary N) is 1. The summed E-state index contributed by atoms with van der Waals surface area (Å²) in [6, 6.07) is 14.7. The van der Waals surface area contributed by atoms with Crippen molar-refractivity contribution >= 4 is 28.5 Å². The highest BCUT2D eigenvalue weighted by Gasteiger charge is 2.18. The zero-order valence-electron chi connectivity index (χ0n) is 13.4. The summed E-state index contributed by atoms with van der Waals surface area (Å²) in [5.41, 5.74) is 2.22. The molecule has 0 amide bonds. The minimum absolute atomic E-state index is 0.151. The van der Waals surface area contributed by atoms with E-state index in [-0.39, 0.29) is 12.3 Å². The van der Waals surface area contributed by atoms with Crippen LogP contribution >= 0.6 is 0 Å². The molecule has 0 aliphatic carbocycles. The van der Waals surface area contributed by atoms with Gasteiger partial charge in [-0.2, -0.15) is 0 Å². The molecule has 6 heteroatoms. The van der Waals surface area contributed by atoms with Crippen LogP contribution in [0, 0.1) is 0 Å². The molecule has 1 heterocycles. The molecule has 0 aliphatic heterocycles. The number of esters is 1. The van der Waals surface area contributed by atoms with Gasteiger partial charge >= 0.3 is 5.97 Å². The van der Waals surface area contributed by atoms with Crippen LogP contribution in [0.5, 0.6) is 5.75 Å². The van der Waals surface area contributed by atoms with Gasteiger partial charge in [-0.1, -0.05) is 18.2 Å². The first-order chi connectivity index (χ1) is 11.7. The number of nitrogens with zero attached hydrogens (tertiary/aromatic N) is 2. The number of carbonyl (C=O) groups excluding carboxylic acids is 1. The second-order valence-corrected chi connectivity index (χ2v) is 4.99. The van der Waals surface area contributed by atoms with Crippen LogP contribution in [0.25, 0.3) is 11.0 Å². The Labute approximate surface area is 139 Å². The Morgan fingerprint density at radius 3 is 2.54 bits per heavy atom. The van der Waals surface area contributed by atoms with E-state index >= 15 is 0 Å². The monoisotopic (exact) mass is 323 g/mol. The van der Waals surface area contributed by atoms with Crippen LogP contribution in [0.3, 0.4) is 0 Å². The molecule has 0 aliphatic rings. The number of hydrogen-bond donors (Lipinski definition) is 1. The molecule has 0 radical (unpaired) electrons. The van der Waals surface area contributed by atoms with Crippen molar-refractivity contribution in [3.05, 3.63) is 54.2 Å². The van der Waals surface area contributed by atoms with Gasteiger partial charge in [-0.3, -0.25) is 0 Å². The van der Waals surface area contributed by atoms with Crippen LogP contribution in [0.15, 0.2) is 48.5 Å². The lowest BCUT2D eigenvalue weighted by atomic mass is 10.2. The van der Waals surface area contributed by atoms with Crippen molar-refractivity contribution in [3.63, 3.8) is 0 Å². The second kappa shape index (κ2) is 6.95. The molecule has 6 nitrogen and oxygen atoms in total. The first kappa shape index (κ1) is 15.7. The second-order valence-electron chi connectivity index (χ2n) is 4.99. The molecule has 0 saturated heterocycles. The zero-order valence-corrected chi connectivity index (χ0v) is 13.4. The molecule has 0 spiro atoms. The zero-order chi connectivity index (χ0) is 16.9. The van der Waals surface area contributed by atoms with E-state index in [1.165, 1.54) is 0 Å². The van der Waals surface area contributed by atoms with E-state index in [4.69, 9.17) is 9.47 Å². The predicted molar refractivity (Wildman–Crippen MR) is 91.8 cm³/mol. The fraction of sp³-hybridized carbons (Fsp3) is 0.167. The Kier molecular flexibility index (Phi) is 4.56. The number of fused-ring (bicyclic) bond motifs is 1. The molecule has 0 bridgehead atoms. The van der Waals surface area contributed by atoms with Crippen LogP contribution in [-0.4, -0.2) is 29.7 Å². The maximum absolute atomic E-state index is 12.2. The van der Waals surface area contributed by atoms with Crippen molar-refractivity contribution in [1.82, 2.24) is 9.97 Å². The van der Waals surface area contributed by atoms with E-state index in [2.05, 4.69) is 15.3 Å². The molecule has 122 valence electrons. The van der Waals surface area contributed by atoms with Crippen LogP contribution in [0.1, 0.15) is 17.4 Å². The number of rotatable bonds is 5. The molecule has 3 rings (SSSR count). The minimum atomic E-state index is -0.513. The molecular weight excluding hydrogens is 306 g/mol. The topological polar surface area (TPSA) is 73.3 Å². The lowest BCUT2D eigenvalue weighted by Gasteiger charge is -2.12. The van der Waals surface area contributed by atoms with Crippen molar-refractivity contribution in [1.29, 1.82) is 0 Å². The summed E-state index contributed by atoms with van der Waals surface area (Å²) in [5.74, 6) is 0.535. The van der Waals surface area contributed by atoms with Gasteiger partial charge in [-0.15, -0.1) is 0 Å². The first-order valence-corrected chi connectivity index (χ1v) is 7.56. The van der Waals surface area contributed by atoms with Gasteiger partial charge in [-0.25, -0.2) is 14.8 Å². The Morgan fingerprint density at radius 2 is 1.83 bits per heavy atom. The summed E-state index contributed by atoms with van der Waals surface area (Å²) in [6.45, 7) is 2.02. The molecule has 3 aromatic rings. The van der Waals surface area contributed by atoms with Crippen LogP contribution in [0.2, 0.25) is 0 Å². The number of benzene rings is 2. The fourth-order valence-electron chi connectivity index (χ4n) is 2.27. The number of ether oxygens (including phenoxy) is 2. The minimum Gasteiger partial charge on any atom is -0.497 e. The largest absolute Gasteiger partial charge is 0.497 e. The van der Waals surface area contributed by atoms with E-state index in [9.17, 15) is 4.79 Å². The molecular formula is C18H17N3O3. The van der Waals surface area contributed by atoms with E-state index in [1.807, 2.05) is 42.5 Å². The van der Waals surface area contributed by atoms with Crippen molar-refractivity contribution in [3.8, 4) is 5.75 Å². The number of anilines is 2. The standard InChI is InChI=1S/C18H17N3O3/c1-3-24-18(22)16-17(19-12-7-6-8-13(11-12)23-2)21-15-10-5-4-9-14(15)20-16/h4-11H,3H2,1-2H3,(H,19,21). The van der Waals surface area contributed by atoms with Gasteiger partial charge in [-0.05, 0) is 31.2 Å². The highest BCUT2D eigenvalue weighted by molar-refractivity contribution is 5.96. The van der Waals surface area contributed by atoms with Crippen molar-refractivity contribution in [2.75, 3.05) is 19.0 Å². The van der Waals surface area contributed by atoms with Crippen molar-refractivity contribution < 1.29 is 14.3 Å². The SMILES string of the molecule is CCOC(=O)c1nc2ccccc2nc1Nc1cccc(OC)c1. The van der Waals surface area contributed by atoms with Crippen LogP contribution in [-0.2, 0) is 4.74 Å². The lowest BCUT2D eigenvalue weighted by Crippen LogP contribution is -2.12. The first-order valence-electron chi connectivity index (χ1n) is 7.56. The Hall–Kier alpha value is -3.15. The number of para-hydroxylation sites is 2. The van der Waals surface area contributed by atoms with Gasteiger partial charge < -0.3 is 14.8 Å². The summed E-state index contributed by atoms with van der Waals surface area (Å²) in [7, 11) is 1.60. The normalized spacial score (nSPS) is 10.4. The number of hydrogen-bond acceptors (Lipinski definition) is 6. The van der Waals surface area contributed by atoms with Gasteiger partial charge in [0.25, 0.3) is 0 Å². The molecule has 0 fully saturated rings. The van der Waals surface area contributed by atoms with Crippen molar-refractivity contribution in [2.24, 2.45) is 0 Å². The molecule has 0 atom stereocenters. The lowest BCUT2D eigenvalue weighted by molar-refractivity contribution is 0.0521. The van der Waals surface area contributed by atoms with E-state index < -0.39 is 5.97 Å². The number of methoxy groups -OCH3 is 1. The Morgan fingerprint density at radius 1 is 1.08 bits per heavy atom. The highest BCUT2D eigenvalue weighted by atomic mass is 16.5. The third kappa shape index (κ3) is 3.27. The summed E-state index contributed by atoms with van der Waals surface area (Å²) in [5, 5.41) is 3.12. The summed E-state index contributed by atoms with van der Waals surface area (Å²) < 4.78 is 10.3. The summed E-state index contributed by atoms with van der Waals surface area (Å²) >= 11 is 0. The molecule has 24 heavy (non-hydrogen) atoms. The Balaban J connectivity index is 2.06. The molecule has 2 aromatic carbocycles. The van der Waals surface area contributed by atoms with Gasteiger partial charge in [0.1, 0.15) is 5.75 Å². The van der Waals surface area contributed by atoms with Gasteiger partial charge in [0, 0.05) is 11.8 Å². The van der Waals surface area contributed by atoms with E-state index in [0.29, 0.717) is 22.6 Å². The maximum atomic E-state index is 12.2. The van der Waals surface area contributed by atoms with E-state index in [1.54, 1.807) is 20.1 Å². The third-order valence-electron chi connectivity index (χ3n) is 3.37. The quantitative estimate of drug-likeness (QED) is 0.724. The molecule has 0 saturated carbocycles. The molecule has 1 N–H and O–H groups in total.